The van der Waals surface area contributed by atoms with Gasteiger partial charge in [0.25, 0.3) is 0 Å². The molecule has 32 heavy (non-hydrogen) atoms. The van der Waals surface area contributed by atoms with Crippen molar-refractivity contribution in [2.24, 2.45) is 11.3 Å². The minimum Gasteiger partial charge on any atom is -0.422 e. The molecular formula is C28H42O4. The maximum absolute atomic E-state index is 12.6. The van der Waals surface area contributed by atoms with Gasteiger partial charge in [-0.2, -0.15) is 0 Å². The number of carbonyl (C=O) groups is 2. The van der Waals surface area contributed by atoms with Crippen LogP contribution in [-0.4, -0.2) is 11.9 Å². The summed E-state index contributed by atoms with van der Waals surface area (Å²) in [6, 6.07) is 2.25. The van der Waals surface area contributed by atoms with Crippen LogP contribution in [0.5, 0.6) is 11.5 Å². The molecule has 4 nitrogen and oxygen atoms in total. The second-order valence-corrected chi connectivity index (χ2v) is 10.8. The van der Waals surface area contributed by atoms with Crippen molar-refractivity contribution in [1.82, 2.24) is 0 Å². The van der Waals surface area contributed by atoms with E-state index in [1.807, 2.05) is 6.92 Å². The van der Waals surface area contributed by atoms with Crippen molar-refractivity contribution < 1.29 is 19.1 Å². The monoisotopic (exact) mass is 442 g/mol. The summed E-state index contributed by atoms with van der Waals surface area (Å²) in [6.45, 7) is 14.9. The van der Waals surface area contributed by atoms with Crippen molar-refractivity contribution in [3.8, 4) is 11.5 Å². The Morgan fingerprint density at radius 2 is 1.66 bits per heavy atom. The molecule has 2 atom stereocenters. The molecular weight excluding hydrogens is 400 g/mol. The molecule has 0 saturated heterocycles. The highest BCUT2D eigenvalue weighted by molar-refractivity contribution is 5.78. The fraction of sp³-hybridized carbons (Fsp3) is 0.714. The number of esters is 2. The molecule has 0 unspecified atom stereocenters. The predicted molar refractivity (Wildman–Crippen MR) is 128 cm³/mol. The van der Waals surface area contributed by atoms with Crippen LogP contribution in [0, 0.1) is 11.3 Å². The zero-order chi connectivity index (χ0) is 23.7. The number of fused-ring (bicyclic) bond motifs is 3. The lowest BCUT2D eigenvalue weighted by Gasteiger charge is -2.56. The van der Waals surface area contributed by atoms with Gasteiger partial charge >= 0.3 is 11.9 Å². The van der Waals surface area contributed by atoms with E-state index in [0.717, 1.165) is 43.2 Å². The molecule has 0 bridgehead atoms. The van der Waals surface area contributed by atoms with Gasteiger partial charge in [-0.1, -0.05) is 67.4 Å². The molecule has 2 aliphatic rings. The zero-order valence-corrected chi connectivity index (χ0v) is 21.2. The Balaban J connectivity index is 2.36. The molecule has 0 N–H and O–H groups in total. The van der Waals surface area contributed by atoms with E-state index in [9.17, 15) is 9.59 Å². The quantitative estimate of drug-likeness (QED) is 0.329. The summed E-state index contributed by atoms with van der Waals surface area (Å²) in [6.07, 6.45) is 8.34. The molecule has 1 aromatic carbocycles. The van der Waals surface area contributed by atoms with Gasteiger partial charge in [0, 0.05) is 29.4 Å². The van der Waals surface area contributed by atoms with Crippen molar-refractivity contribution in [1.29, 1.82) is 0 Å². The standard InChI is InChI=1S/C28H42O4/c1-8-14-28-16-11-15-27(6,7)21(28)13-12-19-17-20(18(4)5)25(31-22(29)9-2)26(24(19)28)32-23(30)10-3/h17-18,21H,8-16H2,1-7H3/t21-,28-/m0/s1. The first-order chi connectivity index (χ1) is 15.1. The van der Waals surface area contributed by atoms with Crippen LogP contribution in [0.15, 0.2) is 6.07 Å². The molecule has 1 saturated carbocycles. The minimum absolute atomic E-state index is 0.0453. The topological polar surface area (TPSA) is 52.6 Å². The first-order valence-corrected chi connectivity index (χ1v) is 12.7. The lowest BCUT2D eigenvalue weighted by molar-refractivity contribution is -0.137. The van der Waals surface area contributed by atoms with Gasteiger partial charge < -0.3 is 9.47 Å². The third kappa shape index (κ3) is 4.34. The van der Waals surface area contributed by atoms with Gasteiger partial charge in [0.1, 0.15) is 0 Å². The van der Waals surface area contributed by atoms with Crippen molar-refractivity contribution in [3.63, 3.8) is 0 Å². The first-order valence-electron chi connectivity index (χ1n) is 12.7. The normalized spacial score (nSPS) is 23.9. The summed E-state index contributed by atoms with van der Waals surface area (Å²) in [4.78, 5) is 25.1. The maximum Gasteiger partial charge on any atom is 0.311 e. The van der Waals surface area contributed by atoms with Crippen LogP contribution in [0.1, 0.15) is 122 Å². The SMILES string of the molecule is CCC[C@]12CCCC(C)(C)[C@@H]1CCc1cc(C(C)C)c(OC(=O)CC)c(OC(=O)CC)c12. The molecule has 0 heterocycles. The summed E-state index contributed by atoms with van der Waals surface area (Å²) in [5.41, 5.74) is 3.59. The van der Waals surface area contributed by atoms with Crippen LogP contribution in [0.2, 0.25) is 0 Å². The molecule has 0 spiro atoms. The second-order valence-electron chi connectivity index (χ2n) is 10.8. The lowest BCUT2D eigenvalue weighted by Crippen LogP contribution is -2.50. The number of hydrogen-bond donors (Lipinski definition) is 0. The Bertz CT molecular complexity index is 863. The fourth-order valence-electron chi connectivity index (χ4n) is 6.55. The molecule has 3 rings (SSSR count). The summed E-state index contributed by atoms with van der Waals surface area (Å²) in [5.74, 6) is 1.13. The third-order valence-electron chi connectivity index (χ3n) is 7.93. The Morgan fingerprint density at radius 3 is 2.22 bits per heavy atom. The molecule has 4 heteroatoms. The van der Waals surface area contributed by atoms with Gasteiger partial charge in [-0.3, -0.25) is 9.59 Å². The Labute approximate surface area is 194 Å². The van der Waals surface area contributed by atoms with Crippen LogP contribution < -0.4 is 9.47 Å². The van der Waals surface area contributed by atoms with Crippen molar-refractivity contribution in [2.75, 3.05) is 0 Å². The Kier molecular flexibility index (Phi) is 7.41. The molecule has 1 aromatic rings. The minimum atomic E-state index is -0.290. The van der Waals surface area contributed by atoms with E-state index in [2.05, 4.69) is 40.7 Å². The summed E-state index contributed by atoms with van der Waals surface area (Å²) in [7, 11) is 0. The zero-order valence-electron chi connectivity index (χ0n) is 21.2. The lowest BCUT2D eigenvalue weighted by atomic mass is 9.48. The van der Waals surface area contributed by atoms with E-state index >= 15 is 0 Å². The number of aryl methyl sites for hydroxylation is 1. The van der Waals surface area contributed by atoms with Crippen molar-refractivity contribution in [3.05, 3.63) is 22.8 Å². The number of ether oxygens (including phenoxy) is 2. The summed E-state index contributed by atoms with van der Waals surface area (Å²) < 4.78 is 12.0. The van der Waals surface area contributed by atoms with Crippen LogP contribution in [-0.2, 0) is 21.4 Å². The first kappa shape index (κ1) is 24.8. The molecule has 0 radical (unpaired) electrons. The van der Waals surface area contributed by atoms with E-state index in [1.165, 1.54) is 18.4 Å². The fourth-order valence-corrected chi connectivity index (χ4v) is 6.55. The van der Waals surface area contributed by atoms with Crippen LogP contribution >= 0.6 is 0 Å². The van der Waals surface area contributed by atoms with E-state index in [4.69, 9.17) is 9.47 Å². The summed E-state index contributed by atoms with van der Waals surface area (Å²) in [5, 5.41) is 0. The van der Waals surface area contributed by atoms with Gasteiger partial charge in [0.2, 0.25) is 0 Å². The summed E-state index contributed by atoms with van der Waals surface area (Å²) >= 11 is 0. The van der Waals surface area contributed by atoms with Gasteiger partial charge in [0.15, 0.2) is 11.5 Å². The van der Waals surface area contributed by atoms with Crippen LogP contribution in [0.3, 0.4) is 0 Å². The highest BCUT2D eigenvalue weighted by atomic mass is 16.6. The highest BCUT2D eigenvalue weighted by Gasteiger charge is 2.54. The van der Waals surface area contributed by atoms with Crippen molar-refractivity contribution >= 4 is 11.9 Å². The number of hydrogen-bond acceptors (Lipinski definition) is 4. The van der Waals surface area contributed by atoms with Gasteiger partial charge in [-0.15, -0.1) is 0 Å². The molecule has 0 aromatic heterocycles. The molecule has 0 aliphatic heterocycles. The predicted octanol–water partition coefficient (Wildman–Crippen LogP) is 7.25. The number of carbonyl (C=O) groups excluding carboxylic acids is 2. The average molecular weight is 443 g/mol. The smallest absolute Gasteiger partial charge is 0.311 e. The second kappa shape index (κ2) is 9.57. The van der Waals surface area contributed by atoms with Crippen LogP contribution in [0.25, 0.3) is 0 Å². The van der Waals surface area contributed by atoms with E-state index < -0.39 is 0 Å². The maximum atomic E-state index is 12.6. The largest absolute Gasteiger partial charge is 0.422 e. The Hall–Kier alpha value is -1.84. The van der Waals surface area contributed by atoms with Gasteiger partial charge in [-0.05, 0) is 54.9 Å². The van der Waals surface area contributed by atoms with E-state index in [0.29, 0.717) is 17.4 Å². The van der Waals surface area contributed by atoms with Crippen molar-refractivity contribution in [2.45, 2.75) is 118 Å². The molecule has 1 fully saturated rings. The highest BCUT2D eigenvalue weighted by Crippen LogP contribution is 2.62. The third-order valence-corrected chi connectivity index (χ3v) is 7.93. The van der Waals surface area contributed by atoms with Gasteiger partial charge in [-0.25, -0.2) is 0 Å². The van der Waals surface area contributed by atoms with E-state index in [1.54, 1.807) is 6.92 Å². The Morgan fingerprint density at radius 1 is 1.03 bits per heavy atom. The molecule has 0 amide bonds. The van der Waals surface area contributed by atoms with Crippen LogP contribution in [0.4, 0.5) is 0 Å². The average Bonchev–Trinajstić information content (AvgIpc) is 2.73. The van der Waals surface area contributed by atoms with E-state index in [-0.39, 0.29) is 41.5 Å². The molecule has 178 valence electrons. The molecule has 2 aliphatic carbocycles. The van der Waals surface area contributed by atoms with Gasteiger partial charge in [0.05, 0.1) is 0 Å². The number of rotatable bonds is 7. The number of benzene rings is 1.